The molecule has 43 heavy (non-hydrogen) atoms. The van der Waals surface area contributed by atoms with Crippen molar-refractivity contribution in [3.05, 3.63) is 47.9 Å². The lowest BCUT2D eigenvalue weighted by molar-refractivity contribution is -0.151. The number of allylic oxidation sites excluding steroid dienone is 1. The van der Waals surface area contributed by atoms with Gasteiger partial charge in [0, 0.05) is 11.8 Å². The Bertz CT molecular complexity index is 1440. The van der Waals surface area contributed by atoms with Gasteiger partial charge in [-0.25, -0.2) is 19.0 Å². The molecule has 0 aliphatic carbocycles. The molecule has 10 nitrogen and oxygen atoms in total. The number of fused-ring (bicyclic) bond motifs is 3. The van der Waals surface area contributed by atoms with E-state index >= 15 is 0 Å². The number of carbonyl (C=O) groups is 4. The van der Waals surface area contributed by atoms with Crippen LogP contribution in [0.1, 0.15) is 81.8 Å². The number of methoxy groups -OCH3 is 1. The number of benzene rings is 1. The number of esters is 1. The minimum Gasteiger partial charge on any atom is -0.482 e. The lowest BCUT2D eigenvalue weighted by Crippen LogP contribution is -2.53. The van der Waals surface area contributed by atoms with Crippen LogP contribution >= 0.6 is 0 Å². The van der Waals surface area contributed by atoms with Gasteiger partial charge in [0.25, 0.3) is 0 Å². The topological polar surface area (TPSA) is 124 Å². The van der Waals surface area contributed by atoms with Crippen molar-refractivity contribution < 1.29 is 37.8 Å². The van der Waals surface area contributed by atoms with Crippen LogP contribution in [0.3, 0.4) is 0 Å². The van der Waals surface area contributed by atoms with Crippen molar-refractivity contribution >= 4 is 34.7 Å². The quantitative estimate of drug-likeness (QED) is 0.238. The third kappa shape index (κ3) is 7.14. The van der Waals surface area contributed by atoms with Crippen molar-refractivity contribution in [2.45, 2.75) is 95.9 Å². The first-order valence-electron chi connectivity index (χ1n) is 14.6. The number of nitrogens with one attached hydrogen (secondary N) is 1. The average Bonchev–Trinajstić information content (AvgIpc) is 3.29. The van der Waals surface area contributed by atoms with Crippen LogP contribution in [0.2, 0.25) is 0 Å². The third-order valence-electron chi connectivity index (χ3n) is 7.70. The molecular weight excluding hydrogens is 557 g/mol. The zero-order valence-electron chi connectivity index (χ0n) is 25.5. The summed E-state index contributed by atoms with van der Waals surface area (Å²) < 4.78 is 31.0. The Balaban J connectivity index is 1.65. The molecule has 1 aromatic heterocycles. The van der Waals surface area contributed by atoms with E-state index in [0.29, 0.717) is 29.4 Å². The van der Waals surface area contributed by atoms with E-state index in [1.807, 2.05) is 6.08 Å². The molecule has 1 spiro atoms. The van der Waals surface area contributed by atoms with Crippen LogP contribution in [0.5, 0.6) is 5.75 Å². The van der Waals surface area contributed by atoms with Gasteiger partial charge in [0.1, 0.15) is 29.1 Å². The molecule has 2 aliphatic heterocycles. The summed E-state index contributed by atoms with van der Waals surface area (Å²) in [7, 11) is 1.23. The summed E-state index contributed by atoms with van der Waals surface area (Å²) in [5.41, 5.74) is -0.894. The second kappa shape index (κ2) is 12.7. The summed E-state index contributed by atoms with van der Waals surface area (Å²) in [4.78, 5) is 59.3. The van der Waals surface area contributed by atoms with E-state index in [1.165, 1.54) is 30.2 Å². The molecule has 232 valence electrons. The number of aryl methyl sites for hydroxylation is 1. The molecule has 1 aromatic carbocycles. The number of amides is 2. The molecule has 3 heterocycles. The van der Waals surface area contributed by atoms with Gasteiger partial charge in [-0.3, -0.25) is 9.59 Å². The summed E-state index contributed by atoms with van der Waals surface area (Å²) in [6.45, 7) is 10.5. The van der Waals surface area contributed by atoms with Gasteiger partial charge >= 0.3 is 12.1 Å². The molecule has 0 saturated carbocycles. The van der Waals surface area contributed by atoms with E-state index in [4.69, 9.17) is 14.2 Å². The van der Waals surface area contributed by atoms with Crippen LogP contribution in [-0.4, -0.2) is 70.6 Å². The molecule has 1 N–H and O–H groups in total. The Labute approximate surface area is 250 Å². The van der Waals surface area contributed by atoms with Gasteiger partial charge in [-0.05, 0) is 65.2 Å². The summed E-state index contributed by atoms with van der Waals surface area (Å²) >= 11 is 0. The van der Waals surface area contributed by atoms with Crippen molar-refractivity contribution in [2.24, 2.45) is 0 Å². The first kappa shape index (κ1) is 31.9. The van der Waals surface area contributed by atoms with Gasteiger partial charge in [0.2, 0.25) is 5.91 Å². The number of rotatable bonds is 9. The highest BCUT2D eigenvalue weighted by atomic mass is 19.1. The van der Waals surface area contributed by atoms with Crippen LogP contribution in [0.15, 0.2) is 30.9 Å². The number of nitrogens with zero attached hydrogens (tertiary/aromatic N) is 2. The highest BCUT2D eigenvalue weighted by Crippen LogP contribution is 2.44. The van der Waals surface area contributed by atoms with Gasteiger partial charge in [-0.15, -0.1) is 6.58 Å². The number of ketones is 1. The Morgan fingerprint density at radius 1 is 1.28 bits per heavy atom. The number of pyridine rings is 1. The number of likely N-dealkylation sites (tertiary alicyclic amines) is 1. The number of ether oxygens (including phenoxy) is 3. The van der Waals surface area contributed by atoms with Crippen molar-refractivity contribution in [3.8, 4) is 5.75 Å². The van der Waals surface area contributed by atoms with E-state index < -0.39 is 47.1 Å². The molecule has 4 rings (SSSR count). The minimum atomic E-state index is -1.24. The SMILES string of the molecule is C=CCCCCC[C@H](NC(=O)OC(C)(C)C)C(=O)N1C[C@@]2(CC(=O)c3c(c(C)nc4ccc(F)cc34)O2)C[C@H]1C(=O)OC. The number of hydrogen-bond acceptors (Lipinski definition) is 8. The molecular formula is C32H40FN3O7. The highest BCUT2D eigenvalue weighted by Gasteiger charge is 2.55. The second-order valence-corrected chi connectivity index (χ2v) is 12.3. The summed E-state index contributed by atoms with van der Waals surface area (Å²) in [6, 6.07) is 2.00. The maximum Gasteiger partial charge on any atom is 0.408 e. The van der Waals surface area contributed by atoms with Gasteiger partial charge in [0.15, 0.2) is 11.5 Å². The van der Waals surface area contributed by atoms with Gasteiger partial charge in [0.05, 0.1) is 36.8 Å². The molecule has 0 radical (unpaired) electrons. The molecule has 1 fully saturated rings. The van der Waals surface area contributed by atoms with Crippen LogP contribution < -0.4 is 10.1 Å². The predicted octanol–water partition coefficient (Wildman–Crippen LogP) is 5.19. The number of hydrogen-bond donors (Lipinski definition) is 1. The lowest BCUT2D eigenvalue weighted by atomic mass is 9.86. The Morgan fingerprint density at radius 2 is 2.02 bits per heavy atom. The van der Waals surface area contributed by atoms with Gasteiger partial charge < -0.3 is 24.4 Å². The zero-order valence-corrected chi connectivity index (χ0v) is 25.5. The van der Waals surface area contributed by atoms with E-state index in [-0.39, 0.29) is 36.5 Å². The number of aromatic nitrogens is 1. The Morgan fingerprint density at radius 3 is 2.70 bits per heavy atom. The van der Waals surface area contributed by atoms with Crippen molar-refractivity contribution in [3.63, 3.8) is 0 Å². The van der Waals surface area contributed by atoms with E-state index in [1.54, 1.807) is 27.7 Å². The maximum atomic E-state index is 14.1. The molecule has 1 saturated heterocycles. The fourth-order valence-electron chi connectivity index (χ4n) is 5.83. The second-order valence-electron chi connectivity index (χ2n) is 12.3. The number of alkyl carbamates (subject to hydrolysis) is 1. The van der Waals surface area contributed by atoms with Crippen molar-refractivity contribution in [1.29, 1.82) is 0 Å². The average molecular weight is 598 g/mol. The van der Waals surface area contributed by atoms with Gasteiger partial charge in [-0.2, -0.15) is 0 Å². The molecule has 2 aromatic rings. The standard InChI is InChI=1S/C32H40FN3O7/c1-7-8-9-10-11-12-23(35-30(40)43-31(3,4)5)28(38)36-18-32(16-24(36)29(39)41-6)17-25(37)26-21-15-20(33)13-14-22(21)34-19(2)27(26)42-32/h7,13-15,23-24H,1,8-12,16-18H2,2-6H3,(H,35,40)/t23-,24-,32-/m0/s1. The summed E-state index contributed by atoms with van der Waals surface area (Å²) in [5.74, 6) is -1.77. The maximum absolute atomic E-state index is 14.1. The zero-order chi connectivity index (χ0) is 31.5. The Kier molecular flexibility index (Phi) is 9.41. The fraction of sp³-hybridized carbons (Fsp3) is 0.531. The molecule has 3 atom stereocenters. The molecule has 2 aliphatic rings. The monoisotopic (exact) mass is 597 g/mol. The number of halogens is 1. The number of unbranched alkanes of at least 4 members (excludes halogenated alkanes) is 3. The normalized spacial score (nSPS) is 20.4. The first-order valence-corrected chi connectivity index (χ1v) is 14.6. The summed E-state index contributed by atoms with van der Waals surface area (Å²) in [6.07, 6.45) is 4.41. The predicted molar refractivity (Wildman–Crippen MR) is 157 cm³/mol. The smallest absolute Gasteiger partial charge is 0.408 e. The van der Waals surface area contributed by atoms with Crippen LogP contribution in [0.25, 0.3) is 10.9 Å². The number of carbonyl (C=O) groups excluding carboxylic acids is 4. The molecule has 2 amide bonds. The van der Waals surface area contributed by atoms with Crippen LogP contribution in [-0.2, 0) is 19.1 Å². The summed E-state index contributed by atoms with van der Waals surface area (Å²) in [5, 5.41) is 3.03. The largest absolute Gasteiger partial charge is 0.482 e. The van der Waals surface area contributed by atoms with Crippen molar-refractivity contribution in [1.82, 2.24) is 15.2 Å². The van der Waals surface area contributed by atoms with Crippen LogP contribution in [0.4, 0.5) is 9.18 Å². The van der Waals surface area contributed by atoms with Crippen LogP contribution in [0, 0.1) is 12.7 Å². The lowest BCUT2D eigenvalue weighted by Gasteiger charge is -2.36. The number of Topliss-reactive ketones (excluding diaryl/α,β-unsaturated/α-hetero) is 1. The molecule has 0 unspecified atom stereocenters. The van der Waals surface area contributed by atoms with Gasteiger partial charge in [-0.1, -0.05) is 18.9 Å². The van der Waals surface area contributed by atoms with E-state index in [2.05, 4.69) is 16.9 Å². The minimum absolute atomic E-state index is 0.00425. The third-order valence-corrected chi connectivity index (χ3v) is 7.70. The van der Waals surface area contributed by atoms with E-state index in [0.717, 1.165) is 19.3 Å². The van der Waals surface area contributed by atoms with E-state index in [9.17, 15) is 23.6 Å². The van der Waals surface area contributed by atoms with Crippen molar-refractivity contribution in [2.75, 3.05) is 13.7 Å². The molecule has 0 bridgehead atoms. The molecule has 11 heteroatoms. The Hall–Kier alpha value is -4.02. The fourth-order valence-corrected chi connectivity index (χ4v) is 5.83. The first-order chi connectivity index (χ1) is 20.3. The highest BCUT2D eigenvalue weighted by molar-refractivity contribution is 6.11.